The molecule has 0 aromatic heterocycles. The molecule has 0 unspecified atom stereocenters. The molecule has 2 aliphatic heterocycles. The summed E-state index contributed by atoms with van der Waals surface area (Å²) in [6.07, 6.45) is 6.31. The molecular formula is C22H31N3O2. The van der Waals surface area contributed by atoms with E-state index in [4.69, 9.17) is 0 Å². The molecule has 0 radical (unpaired) electrons. The van der Waals surface area contributed by atoms with E-state index in [0.29, 0.717) is 13.0 Å². The van der Waals surface area contributed by atoms with Crippen molar-refractivity contribution in [3.63, 3.8) is 0 Å². The summed E-state index contributed by atoms with van der Waals surface area (Å²) < 4.78 is 0. The first-order valence-corrected chi connectivity index (χ1v) is 10.4. The monoisotopic (exact) mass is 369 g/mol. The Morgan fingerprint density at radius 1 is 1.04 bits per heavy atom. The number of piperazine rings is 1. The van der Waals surface area contributed by atoms with E-state index in [-0.39, 0.29) is 17.2 Å². The molecule has 27 heavy (non-hydrogen) atoms. The van der Waals surface area contributed by atoms with Gasteiger partial charge in [-0.05, 0) is 36.9 Å². The highest BCUT2D eigenvalue weighted by molar-refractivity contribution is 5.98. The lowest BCUT2D eigenvalue weighted by Crippen LogP contribution is -2.49. The molecule has 146 valence electrons. The Morgan fingerprint density at radius 2 is 1.74 bits per heavy atom. The fraction of sp³-hybridized carbons (Fsp3) is 0.636. The van der Waals surface area contributed by atoms with E-state index in [1.807, 2.05) is 28.0 Å². The summed E-state index contributed by atoms with van der Waals surface area (Å²) in [7, 11) is 2.11. The average Bonchev–Trinajstić information content (AvgIpc) is 2.98. The second-order valence-corrected chi connectivity index (χ2v) is 8.74. The van der Waals surface area contributed by atoms with Crippen molar-refractivity contribution in [1.82, 2.24) is 14.7 Å². The van der Waals surface area contributed by atoms with E-state index in [0.717, 1.165) is 56.7 Å². The van der Waals surface area contributed by atoms with E-state index in [1.165, 1.54) is 19.3 Å². The van der Waals surface area contributed by atoms with Gasteiger partial charge in [0, 0.05) is 51.3 Å². The zero-order chi connectivity index (χ0) is 18.9. The Labute approximate surface area is 162 Å². The molecule has 4 rings (SSSR count). The molecule has 0 N–H and O–H groups in total. The van der Waals surface area contributed by atoms with Crippen molar-refractivity contribution in [1.29, 1.82) is 0 Å². The zero-order valence-corrected chi connectivity index (χ0v) is 16.5. The molecule has 2 amide bonds. The summed E-state index contributed by atoms with van der Waals surface area (Å²) in [5, 5.41) is 0. The van der Waals surface area contributed by atoms with Gasteiger partial charge >= 0.3 is 0 Å². The van der Waals surface area contributed by atoms with Gasteiger partial charge in [-0.15, -0.1) is 0 Å². The lowest BCUT2D eigenvalue weighted by atomic mass is 9.71. The van der Waals surface area contributed by atoms with Crippen molar-refractivity contribution in [3.8, 4) is 0 Å². The van der Waals surface area contributed by atoms with Crippen LogP contribution in [0.25, 0.3) is 0 Å². The molecule has 1 aliphatic carbocycles. The zero-order valence-electron chi connectivity index (χ0n) is 16.5. The fourth-order valence-corrected chi connectivity index (χ4v) is 5.03. The Hall–Kier alpha value is -1.88. The molecule has 0 spiro atoms. The van der Waals surface area contributed by atoms with Crippen LogP contribution in [-0.4, -0.2) is 66.3 Å². The molecule has 2 fully saturated rings. The van der Waals surface area contributed by atoms with E-state index in [9.17, 15) is 9.59 Å². The molecule has 0 bridgehead atoms. The lowest BCUT2D eigenvalue weighted by Gasteiger charge is -2.42. The quantitative estimate of drug-likeness (QED) is 0.820. The maximum atomic E-state index is 13.1. The van der Waals surface area contributed by atoms with Gasteiger partial charge < -0.3 is 14.7 Å². The van der Waals surface area contributed by atoms with E-state index >= 15 is 0 Å². The van der Waals surface area contributed by atoms with Crippen molar-refractivity contribution in [2.75, 3.05) is 39.8 Å². The molecule has 0 atom stereocenters. The van der Waals surface area contributed by atoms with Crippen molar-refractivity contribution >= 4 is 11.8 Å². The molecular weight excluding hydrogens is 338 g/mol. The van der Waals surface area contributed by atoms with Crippen LogP contribution in [0.1, 0.15) is 54.4 Å². The van der Waals surface area contributed by atoms with Crippen LogP contribution in [-0.2, 0) is 11.3 Å². The molecule has 2 heterocycles. The highest BCUT2D eigenvalue weighted by Crippen LogP contribution is 2.42. The van der Waals surface area contributed by atoms with Crippen LogP contribution in [0.2, 0.25) is 0 Å². The molecule has 1 aromatic carbocycles. The number of amides is 2. The molecule has 1 saturated carbocycles. The summed E-state index contributed by atoms with van der Waals surface area (Å²) in [5.41, 5.74) is 1.92. The van der Waals surface area contributed by atoms with Crippen molar-refractivity contribution < 1.29 is 9.59 Å². The highest BCUT2D eigenvalue weighted by Gasteiger charge is 2.40. The maximum absolute atomic E-state index is 13.1. The van der Waals surface area contributed by atoms with E-state index in [2.05, 4.69) is 18.0 Å². The fourth-order valence-electron chi connectivity index (χ4n) is 5.03. The standard InChI is InChI=1S/C22H31N3O2/c1-23-11-13-24(14-12-23)20(26)15-22(9-5-2-6-10-22)17-25-16-18-7-3-4-8-19(18)21(25)27/h3-4,7-8H,2,5-6,9-17H2,1H3. The molecule has 5 heteroatoms. The SMILES string of the molecule is CN1CCN(C(=O)CC2(CN3Cc4ccccc4C3=O)CCCCC2)CC1. The number of nitrogens with zero attached hydrogens (tertiary/aromatic N) is 3. The van der Waals surface area contributed by atoms with Crippen molar-refractivity contribution in [2.45, 2.75) is 45.1 Å². The molecule has 3 aliphatic rings. The Kier molecular flexibility index (Phi) is 5.22. The Bertz CT molecular complexity index is 703. The van der Waals surface area contributed by atoms with Crippen LogP contribution in [0.5, 0.6) is 0 Å². The first kappa shape index (κ1) is 18.5. The topological polar surface area (TPSA) is 43.9 Å². The van der Waals surface area contributed by atoms with Crippen molar-refractivity contribution in [3.05, 3.63) is 35.4 Å². The van der Waals surface area contributed by atoms with Gasteiger partial charge in [-0.2, -0.15) is 0 Å². The first-order chi connectivity index (χ1) is 13.1. The van der Waals surface area contributed by atoms with Gasteiger partial charge in [0.25, 0.3) is 5.91 Å². The third-order valence-electron chi connectivity index (χ3n) is 6.72. The minimum Gasteiger partial charge on any atom is -0.340 e. The smallest absolute Gasteiger partial charge is 0.254 e. The van der Waals surface area contributed by atoms with Gasteiger partial charge in [-0.1, -0.05) is 37.5 Å². The van der Waals surface area contributed by atoms with Gasteiger partial charge in [0.1, 0.15) is 0 Å². The normalized spacial score (nSPS) is 22.8. The predicted octanol–water partition coefficient (Wildman–Crippen LogP) is 2.76. The van der Waals surface area contributed by atoms with E-state index in [1.54, 1.807) is 0 Å². The second-order valence-electron chi connectivity index (χ2n) is 8.74. The first-order valence-electron chi connectivity index (χ1n) is 10.4. The molecule has 1 saturated heterocycles. The Morgan fingerprint density at radius 3 is 2.44 bits per heavy atom. The van der Waals surface area contributed by atoms with Gasteiger partial charge in [0.15, 0.2) is 0 Å². The number of likely N-dealkylation sites (N-methyl/N-ethyl adjacent to an activating group) is 1. The minimum atomic E-state index is -0.0453. The summed E-state index contributed by atoms with van der Waals surface area (Å²) in [6, 6.07) is 7.92. The molecule has 5 nitrogen and oxygen atoms in total. The summed E-state index contributed by atoms with van der Waals surface area (Å²) in [6.45, 7) is 5.00. The van der Waals surface area contributed by atoms with Crippen LogP contribution in [0.4, 0.5) is 0 Å². The second kappa shape index (κ2) is 7.63. The number of carbonyl (C=O) groups excluding carboxylic acids is 2. The van der Waals surface area contributed by atoms with Crippen LogP contribution in [0.3, 0.4) is 0 Å². The van der Waals surface area contributed by atoms with Crippen LogP contribution in [0.15, 0.2) is 24.3 Å². The molecule has 1 aromatic rings. The summed E-state index contributed by atoms with van der Waals surface area (Å²) in [5.74, 6) is 0.428. The van der Waals surface area contributed by atoms with Crippen LogP contribution < -0.4 is 0 Å². The predicted molar refractivity (Wildman–Crippen MR) is 105 cm³/mol. The Balaban J connectivity index is 1.46. The number of benzene rings is 1. The largest absolute Gasteiger partial charge is 0.340 e. The minimum absolute atomic E-state index is 0.0453. The number of carbonyl (C=O) groups is 2. The van der Waals surface area contributed by atoms with Gasteiger partial charge in [0.2, 0.25) is 5.91 Å². The van der Waals surface area contributed by atoms with E-state index < -0.39 is 0 Å². The third kappa shape index (κ3) is 3.88. The van der Waals surface area contributed by atoms with Crippen LogP contribution in [0, 0.1) is 5.41 Å². The number of hydrogen-bond donors (Lipinski definition) is 0. The average molecular weight is 370 g/mol. The summed E-state index contributed by atoms with van der Waals surface area (Å²) >= 11 is 0. The van der Waals surface area contributed by atoms with Crippen LogP contribution >= 0.6 is 0 Å². The van der Waals surface area contributed by atoms with Gasteiger partial charge in [-0.3, -0.25) is 9.59 Å². The lowest BCUT2D eigenvalue weighted by molar-refractivity contribution is -0.136. The maximum Gasteiger partial charge on any atom is 0.254 e. The highest BCUT2D eigenvalue weighted by atomic mass is 16.2. The summed E-state index contributed by atoms with van der Waals surface area (Å²) in [4.78, 5) is 32.2. The number of hydrogen-bond acceptors (Lipinski definition) is 3. The third-order valence-corrected chi connectivity index (χ3v) is 6.72. The number of fused-ring (bicyclic) bond motifs is 1. The number of rotatable bonds is 4. The van der Waals surface area contributed by atoms with Crippen molar-refractivity contribution in [2.24, 2.45) is 5.41 Å². The van der Waals surface area contributed by atoms with Gasteiger partial charge in [-0.25, -0.2) is 0 Å². The van der Waals surface area contributed by atoms with Gasteiger partial charge in [0.05, 0.1) is 0 Å².